The SMILES string of the molecule is Cc1ccc(OC2=NC(c3ccccc3)=NC3(S2)C(C)(C)[C@H]2CC[C@]3(C)C2)cc1. The first-order valence-corrected chi connectivity index (χ1v) is 11.3. The molecule has 1 aliphatic heterocycles. The lowest BCUT2D eigenvalue weighted by molar-refractivity contribution is 0.115. The van der Waals surface area contributed by atoms with Gasteiger partial charge in [-0.05, 0) is 56.0 Å². The highest BCUT2D eigenvalue weighted by Gasteiger charge is 2.71. The van der Waals surface area contributed by atoms with Gasteiger partial charge in [0.05, 0.1) is 0 Å². The summed E-state index contributed by atoms with van der Waals surface area (Å²) < 4.78 is 6.33. The minimum Gasteiger partial charge on any atom is -0.434 e. The molecule has 5 rings (SSSR count). The van der Waals surface area contributed by atoms with Gasteiger partial charge in [-0.15, -0.1) is 0 Å². The summed E-state index contributed by atoms with van der Waals surface area (Å²) in [7, 11) is 0. The number of ether oxygens (including phenoxy) is 1. The lowest BCUT2D eigenvalue weighted by atomic mass is 9.68. The van der Waals surface area contributed by atoms with Gasteiger partial charge in [0.1, 0.15) is 10.6 Å². The van der Waals surface area contributed by atoms with Crippen molar-refractivity contribution in [1.29, 1.82) is 0 Å². The van der Waals surface area contributed by atoms with Crippen LogP contribution in [0.2, 0.25) is 0 Å². The highest BCUT2D eigenvalue weighted by Crippen LogP contribution is 2.73. The van der Waals surface area contributed by atoms with E-state index in [9.17, 15) is 0 Å². The topological polar surface area (TPSA) is 34.0 Å². The van der Waals surface area contributed by atoms with Crippen LogP contribution in [0.5, 0.6) is 5.75 Å². The molecule has 1 spiro atoms. The van der Waals surface area contributed by atoms with Crippen molar-refractivity contribution in [2.75, 3.05) is 0 Å². The maximum absolute atomic E-state index is 6.33. The molecule has 0 saturated heterocycles. The number of amidine groups is 1. The number of nitrogens with zero attached hydrogens (tertiary/aromatic N) is 2. The van der Waals surface area contributed by atoms with Gasteiger partial charge >= 0.3 is 0 Å². The molecular weight excluding hydrogens is 376 g/mol. The molecule has 0 radical (unpaired) electrons. The minimum atomic E-state index is -0.254. The van der Waals surface area contributed by atoms with Crippen LogP contribution in [-0.4, -0.2) is 15.9 Å². The summed E-state index contributed by atoms with van der Waals surface area (Å²) in [5.74, 6) is 2.32. The van der Waals surface area contributed by atoms with Gasteiger partial charge in [-0.25, -0.2) is 4.99 Å². The number of rotatable bonds is 2. The first kappa shape index (κ1) is 18.9. The second kappa shape index (κ2) is 6.46. The molecule has 4 heteroatoms. The Morgan fingerprint density at radius 3 is 2.38 bits per heavy atom. The van der Waals surface area contributed by atoms with Gasteiger partial charge < -0.3 is 4.74 Å². The zero-order valence-electron chi connectivity index (χ0n) is 17.6. The molecule has 2 saturated carbocycles. The molecule has 3 atom stereocenters. The molecule has 150 valence electrons. The average Bonchev–Trinajstić information content (AvgIpc) is 3.19. The fourth-order valence-electron chi connectivity index (χ4n) is 5.65. The Balaban J connectivity index is 1.61. The lowest BCUT2D eigenvalue weighted by Crippen LogP contribution is -2.52. The molecule has 0 amide bonds. The first-order chi connectivity index (χ1) is 13.8. The Bertz CT molecular complexity index is 988. The van der Waals surface area contributed by atoms with E-state index in [1.54, 1.807) is 11.8 Å². The summed E-state index contributed by atoms with van der Waals surface area (Å²) in [5.41, 5.74) is 2.52. The highest BCUT2D eigenvalue weighted by atomic mass is 32.2. The molecule has 3 nitrogen and oxygen atoms in total. The van der Waals surface area contributed by atoms with Gasteiger partial charge in [0.2, 0.25) is 0 Å². The van der Waals surface area contributed by atoms with E-state index in [0.29, 0.717) is 11.1 Å². The second-order valence-corrected chi connectivity index (χ2v) is 10.7. The fraction of sp³-hybridized carbons (Fsp3) is 0.440. The van der Waals surface area contributed by atoms with E-state index in [-0.39, 0.29) is 15.7 Å². The monoisotopic (exact) mass is 404 g/mol. The quantitative estimate of drug-likeness (QED) is 0.575. The summed E-state index contributed by atoms with van der Waals surface area (Å²) in [4.78, 5) is 10.0. The predicted octanol–water partition coefficient (Wildman–Crippen LogP) is 6.47. The van der Waals surface area contributed by atoms with Crippen LogP contribution in [0.25, 0.3) is 0 Å². The average molecular weight is 405 g/mol. The van der Waals surface area contributed by atoms with Crippen LogP contribution in [0.3, 0.4) is 0 Å². The predicted molar refractivity (Wildman–Crippen MR) is 122 cm³/mol. The van der Waals surface area contributed by atoms with Crippen molar-refractivity contribution in [1.82, 2.24) is 0 Å². The Kier molecular flexibility index (Phi) is 4.22. The third-order valence-electron chi connectivity index (χ3n) is 7.41. The third-order valence-corrected chi connectivity index (χ3v) is 9.16. The van der Waals surface area contributed by atoms with Crippen LogP contribution < -0.4 is 4.74 Å². The van der Waals surface area contributed by atoms with Crippen molar-refractivity contribution >= 4 is 22.8 Å². The lowest BCUT2D eigenvalue weighted by Gasteiger charge is -2.51. The van der Waals surface area contributed by atoms with Crippen LogP contribution in [0.4, 0.5) is 0 Å². The summed E-state index contributed by atoms with van der Waals surface area (Å²) in [6.45, 7) is 9.31. The van der Waals surface area contributed by atoms with E-state index >= 15 is 0 Å². The van der Waals surface area contributed by atoms with Crippen molar-refractivity contribution in [3.8, 4) is 5.75 Å². The molecule has 2 fully saturated rings. The minimum absolute atomic E-state index is 0.0858. The largest absolute Gasteiger partial charge is 0.434 e. The molecule has 2 aromatic rings. The number of hydrogen-bond donors (Lipinski definition) is 0. The maximum Gasteiger partial charge on any atom is 0.260 e. The molecule has 0 N–H and O–H groups in total. The summed E-state index contributed by atoms with van der Waals surface area (Å²) in [5, 5.41) is 0.713. The summed E-state index contributed by atoms with van der Waals surface area (Å²) in [6.07, 6.45) is 3.75. The van der Waals surface area contributed by atoms with Crippen LogP contribution >= 0.6 is 11.8 Å². The molecule has 2 bridgehead atoms. The standard InChI is InChI=1S/C25H28N2OS/c1-17-10-12-20(13-11-17)28-22-26-21(18-8-6-5-7-9-18)27-25(29-22)23(2,3)19-14-15-24(25,4)16-19/h5-13,19H,14-16H2,1-4H3/t19-,24+,25?/m0/s1. The fourth-order valence-corrected chi connectivity index (χ4v) is 7.17. The molecule has 3 aliphatic rings. The van der Waals surface area contributed by atoms with Crippen molar-refractivity contribution in [3.05, 3.63) is 65.7 Å². The van der Waals surface area contributed by atoms with Crippen LogP contribution in [-0.2, 0) is 0 Å². The number of thioether (sulfide) groups is 1. The van der Waals surface area contributed by atoms with Crippen LogP contribution in [0.1, 0.15) is 51.2 Å². The third kappa shape index (κ3) is 2.79. The van der Waals surface area contributed by atoms with Crippen molar-refractivity contribution in [3.63, 3.8) is 0 Å². The smallest absolute Gasteiger partial charge is 0.260 e. The Morgan fingerprint density at radius 1 is 1.00 bits per heavy atom. The summed E-state index contributed by atoms with van der Waals surface area (Å²) in [6, 6.07) is 18.5. The number of benzene rings is 2. The van der Waals surface area contributed by atoms with Gasteiger partial charge in [0, 0.05) is 16.4 Å². The molecule has 29 heavy (non-hydrogen) atoms. The van der Waals surface area contributed by atoms with E-state index in [1.807, 2.05) is 18.2 Å². The number of fused-ring (bicyclic) bond motifs is 3. The maximum atomic E-state index is 6.33. The van der Waals surface area contributed by atoms with E-state index in [0.717, 1.165) is 17.1 Å². The molecule has 1 unspecified atom stereocenters. The van der Waals surface area contributed by atoms with Crippen LogP contribution in [0, 0.1) is 23.7 Å². The van der Waals surface area contributed by atoms with Gasteiger partial charge in [-0.2, -0.15) is 4.99 Å². The second-order valence-electron chi connectivity index (χ2n) is 9.56. The zero-order valence-corrected chi connectivity index (χ0v) is 18.4. The molecule has 2 aromatic carbocycles. The normalized spacial score (nSPS) is 32.2. The Hall–Kier alpha value is -2.07. The van der Waals surface area contributed by atoms with Crippen molar-refractivity contribution < 1.29 is 4.74 Å². The van der Waals surface area contributed by atoms with Gasteiger partial charge in [-0.1, -0.05) is 68.8 Å². The van der Waals surface area contributed by atoms with Gasteiger partial charge in [0.15, 0.2) is 5.84 Å². The highest BCUT2D eigenvalue weighted by molar-refractivity contribution is 8.14. The van der Waals surface area contributed by atoms with E-state index < -0.39 is 0 Å². The molecule has 0 aromatic heterocycles. The Morgan fingerprint density at radius 2 is 1.72 bits per heavy atom. The first-order valence-electron chi connectivity index (χ1n) is 10.5. The van der Waals surface area contributed by atoms with E-state index in [1.165, 1.54) is 24.8 Å². The van der Waals surface area contributed by atoms with E-state index in [4.69, 9.17) is 14.7 Å². The molecule has 2 aliphatic carbocycles. The van der Waals surface area contributed by atoms with Gasteiger partial charge in [0.25, 0.3) is 5.23 Å². The van der Waals surface area contributed by atoms with E-state index in [2.05, 4.69) is 64.1 Å². The zero-order chi connectivity index (χ0) is 20.3. The Labute approximate surface area is 177 Å². The van der Waals surface area contributed by atoms with Crippen molar-refractivity contribution in [2.24, 2.45) is 26.7 Å². The van der Waals surface area contributed by atoms with Crippen LogP contribution in [0.15, 0.2) is 64.6 Å². The number of hydrogen-bond acceptors (Lipinski definition) is 4. The molecule has 1 heterocycles. The van der Waals surface area contributed by atoms with Crippen molar-refractivity contribution in [2.45, 2.75) is 51.8 Å². The number of aryl methyl sites for hydroxylation is 1. The number of aliphatic imine (C=N–C) groups is 2. The summed E-state index contributed by atoms with van der Waals surface area (Å²) >= 11 is 1.75. The van der Waals surface area contributed by atoms with Gasteiger partial charge in [-0.3, -0.25) is 0 Å². The molecular formula is C25H28N2OS.